The number of nitrogens with zero attached hydrogens (tertiary/aromatic N) is 4. The smallest absolute Gasteiger partial charge is 0.169 e. The second-order valence-corrected chi connectivity index (χ2v) is 14.8. The second-order valence-electron chi connectivity index (χ2n) is 12.1. The van der Waals surface area contributed by atoms with Crippen LogP contribution in [0.15, 0.2) is 84.9 Å². The van der Waals surface area contributed by atoms with Crippen LogP contribution in [0.5, 0.6) is 0 Å². The van der Waals surface area contributed by atoms with Crippen molar-refractivity contribution < 1.29 is 29.6 Å². The number of anilines is 1. The largest absolute Gasteiger partial charge is 0.395 e. The molecule has 10 heteroatoms. The standard InChI is InChI=1S/C38H54N4O4S2/c43-27-21-41(22-28-44)37-9-5-33(6-10-37)1-3-35-13-17-39(18-14-35)25-31-47-48-32-26-40-19-15-36(16-20-40)4-2-34-7-11-38(12-8-34)42(23-29-45)24-30-46/h1,3,5-11,13-15,17-20,36,38,43-46H,2,4,12,16,21-32H2/q+2. The lowest BCUT2D eigenvalue weighted by atomic mass is 9.92. The van der Waals surface area contributed by atoms with Crippen LogP contribution >= 0.6 is 21.6 Å². The van der Waals surface area contributed by atoms with E-state index >= 15 is 0 Å². The third kappa shape index (κ3) is 13.3. The van der Waals surface area contributed by atoms with Crippen LogP contribution in [0.4, 0.5) is 5.69 Å². The first-order chi connectivity index (χ1) is 23.6. The first-order valence-corrected chi connectivity index (χ1v) is 19.7. The summed E-state index contributed by atoms with van der Waals surface area (Å²) in [4.78, 5) is 4.12. The number of aryl methyl sites for hydroxylation is 1. The van der Waals surface area contributed by atoms with Crippen LogP contribution in [0, 0.1) is 5.92 Å². The van der Waals surface area contributed by atoms with E-state index in [4.69, 9.17) is 0 Å². The van der Waals surface area contributed by atoms with Gasteiger partial charge in [0.2, 0.25) is 0 Å². The number of aliphatic hydroxyl groups excluding tert-OH is 4. The molecule has 1 aromatic heterocycles. The van der Waals surface area contributed by atoms with Gasteiger partial charge in [-0.2, -0.15) is 0 Å². The Balaban J connectivity index is 1.06. The number of pyridine rings is 1. The summed E-state index contributed by atoms with van der Waals surface area (Å²) in [6, 6.07) is 12.7. The van der Waals surface area contributed by atoms with Gasteiger partial charge in [-0.15, -0.1) is 0 Å². The summed E-state index contributed by atoms with van der Waals surface area (Å²) >= 11 is 0. The number of hydrogen-bond donors (Lipinski definition) is 4. The van der Waals surface area contributed by atoms with Gasteiger partial charge in [0.15, 0.2) is 31.7 Å². The summed E-state index contributed by atoms with van der Waals surface area (Å²) in [6.45, 7) is 4.59. The SMILES string of the molecule is OCCN(CCO)c1ccc(/C=C/c2cc[n+](CCSSCC[N+]3=CCC(CCC4=CCC(N(CCO)CCO)C=C4)C=C3)cc2)cc1. The summed E-state index contributed by atoms with van der Waals surface area (Å²) in [7, 11) is 3.88. The molecule has 2 unspecified atom stereocenters. The lowest BCUT2D eigenvalue weighted by Crippen LogP contribution is -2.38. The van der Waals surface area contributed by atoms with Crippen molar-refractivity contribution in [3.8, 4) is 0 Å². The third-order valence-electron chi connectivity index (χ3n) is 8.73. The van der Waals surface area contributed by atoms with Crippen molar-refractivity contribution in [3.05, 3.63) is 96.0 Å². The summed E-state index contributed by atoms with van der Waals surface area (Å²) in [5.74, 6) is 2.75. The minimum atomic E-state index is 0.0615. The van der Waals surface area contributed by atoms with Gasteiger partial charge in [0.1, 0.15) is 6.21 Å². The van der Waals surface area contributed by atoms with Gasteiger partial charge in [-0.05, 0) is 54.5 Å². The molecule has 2 atom stereocenters. The quantitative estimate of drug-likeness (QED) is 0.0827. The van der Waals surface area contributed by atoms with Crippen molar-refractivity contribution in [1.82, 2.24) is 4.90 Å². The average molecular weight is 695 g/mol. The molecule has 0 fully saturated rings. The number of allylic oxidation sites excluding steroid dienone is 3. The van der Waals surface area contributed by atoms with E-state index in [0.29, 0.717) is 32.1 Å². The maximum Gasteiger partial charge on any atom is 0.169 e. The lowest BCUT2D eigenvalue weighted by molar-refractivity contribution is -0.692. The highest BCUT2D eigenvalue weighted by molar-refractivity contribution is 8.76. The first kappa shape index (κ1) is 38.1. The Morgan fingerprint density at radius 3 is 1.98 bits per heavy atom. The summed E-state index contributed by atoms with van der Waals surface area (Å²) in [5.41, 5.74) is 4.66. The highest BCUT2D eigenvalue weighted by Gasteiger charge is 2.18. The fourth-order valence-electron chi connectivity index (χ4n) is 5.92. The van der Waals surface area contributed by atoms with Crippen molar-refractivity contribution in [1.29, 1.82) is 0 Å². The Morgan fingerprint density at radius 2 is 1.40 bits per heavy atom. The van der Waals surface area contributed by atoms with Gasteiger partial charge in [0.25, 0.3) is 0 Å². The molecule has 2 aromatic rings. The Morgan fingerprint density at radius 1 is 0.750 bits per heavy atom. The molecule has 2 heterocycles. The molecule has 1 aromatic carbocycles. The zero-order chi connectivity index (χ0) is 33.8. The molecule has 8 nitrogen and oxygen atoms in total. The molecule has 1 aliphatic carbocycles. The molecular weight excluding hydrogens is 641 g/mol. The molecule has 0 bridgehead atoms. The zero-order valence-corrected chi connectivity index (χ0v) is 29.7. The van der Waals surface area contributed by atoms with Crippen molar-refractivity contribution in [2.75, 3.05) is 75.6 Å². The van der Waals surface area contributed by atoms with Gasteiger partial charge in [-0.1, -0.05) is 69.7 Å². The molecule has 0 spiro atoms. The van der Waals surface area contributed by atoms with Gasteiger partial charge in [-0.3, -0.25) is 4.90 Å². The molecule has 0 saturated carbocycles. The molecule has 0 saturated heterocycles. The van der Waals surface area contributed by atoms with Gasteiger partial charge in [-0.25, -0.2) is 9.14 Å². The van der Waals surface area contributed by atoms with E-state index in [1.165, 1.54) is 5.57 Å². The molecule has 260 valence electrons. The molecular formula is C38H54N4O4S2+2. The topological polar surface area (TPSA) is 94.3 Å². The monoisotopic (exact) mass is 694 g/mol. The third-order valence-corrected chi connectivity index (χ3v) is 11.1. The fraction of sp³-hybridized carbons (Fsp3) is 0.474. The van der Waals surface area contributed by atoms with Crippen molar-refractivity contribution in [2.24, 2.45) is 5.92 Å². The van der Waals surface area contributed by atoms with Crippen molar-refractivity contribution >= 4 is 45.6 Å². The van der Waals surface area contributed by atoms with E-state index in [1.807, 2.05) is 38.6 Å². The maximum atomic E-state index is 9.30. The van der Waals surface area contributed by atoms with Gasteiger partial charge < -0.3 is 25.3 Å². The normalized spacial score (nSPS) is 17.7. The number of rotatable bonds is 22. The predicted molar refractivity (Wildman–Crippen MR) is 202 cm³/mol. The minimum absolute atomic E-state index is 0.0615. The van der Waals surface area contributed by atoms with E-state index in [2.05, 4.69) is 99.6 Å². The fourth-order valence-corrected chi connectivity index (χ4v) is 7.88. The number of benzene rings is 1. The molecule has 2 aliphatic rings. The number of hydrogen-bond acceptors (Lipinski definition) is 8. The van der Waals surface area contributed by atoms with Crippen LogP contribution in [0.2, 0.25) is 0 Å². The van der Waals surface area contributed by atoms with Crippen LogP contribution in [-0.2, 0) is 6.54 Å². The van der Waals surface area contributed by atoms with E-state index in [0.717, 1.165) is 67.1 Å². The van der Waals surface area contributed by atoms with Crippen molar-refractivity contribution in [2.45, 2.75) is 38.3 Å². The van der Waals surface area contributed by atoms with Crippen LogP contribution in [-0.4, -0.2) is 113 Å². The first-order valence-electron chi connectivity index (χ1n) is 17.2. The van der Waals surface area contributed by atoms with Gasteiger partial charge in [0, 0.05) is 56.5 Å². The number of aromatic nitrogens is 1. The average Bonchev–Trinajstić information content (AvgIpc) is 3.12. The lowest BCUT2D eigenvalue weighted by Gasteiger charge is -2.29. The Hall–Kier alpha value is -2.70. The van der Waals surface area contributed by atoms with E-state index in [9.17, 15) is 20.4 Å². The zero-order valence-electron chi connectivity index (χ0n) is 28.1. The van der Waals surface area contributed by atoms with E-state index in [-0.39, 0.29) is 32.5 Å². The summed E-state index contributed by atoms with van der Waals surface area (Å²) in [5, 5.41) is 37.1. The minimum Gasteiger partial charge on any atom is -0.395 e. The molecule has 0 radical (unpaired) electrons. The predicted octanol–water partition coefficient (Wildman–Crippen LogP) is 4.26. The van der Waals surface area contributed by atoms with Crippen LogP contribution < -0.4 is 9.47 Å². The van der Waals surface area contributed by atoms with E-state index < -0.39 is 0 Å². The van der Waals surface area contributed by atoms with Crippen LogP contribution in [0.25, 0.3) is 12.2 Å². The molecule has 1 aliphatic heterocycles. The molecule has 0 amide bonds. The highest BCUT2D eigenvalue weighted by Crippen LogP contribution is 2.24. The molecule has 4 N–H and O–H groups in total. The van der Waals surface area contributed by atoms with Gasteiger partial charge in [0.05, 0.1) is 37.9 Å². The second kappa shape index (κ2) is 22.1. The number of aliphatic hydroxyl groups is 4. The van der Waals surface area contributed by atoms with Crippen molar-refractivity contribution in [3.63, 3.8) is 0 Å². The molecule has 48 heavy (non-hydrogen) atoms. The summed E-state index contributed by atoms with van der Waals surface area (Å²) < 4.78 is 4.57. The Bertz CT molecular complexity index is 1350. The molecule has 4 rings (SSSR count). The maximum absolute atomic E-state index is 9.30. The van der Waals surface area contributed by atoms with Crippen LogP contribution in [0.1, 0.15) is 36.8 Å². The Kier molecular flexibility index (Phi) is 17.5. The highest BCUT2D eigenvalue weighted by atomic mass is 33.1. The Labute approximate surface area is 294 Å². The summed E-state index contributed by atoms with van der Waals surface area (Å²) in [6.07, 6.45) is 26.6. The van der Waals surface area contributed by atoms with E-state index in [1.54, 1.807) is 0 Å². The van der Waals surface area contributed by atoms with Gasteiger partial charge >= 0.3 is 0 Å². The van der Waals surface area contributed by atoms with Crippen LogP contribution in [0.3, 0.4) is 0 Å².